The molecular formula is C17H13NO2. The highest BCUT2D eigenvalue weighted by atomic mass is 16.5. The zero-order valence-corrected chi connectivity index (χ0v) is 10.8. The van der Waals surface area contributed by atoms with E-state index in [0.717, 1.165) is 16.3 Å². The molecule has 0 N–H and O–H groups in total. The topological polar surface area (TPSA) is 39.2 Å². The Bertz CT molecular complexity index is 738. The van der Waals surface area contributed by atoms with Crippen molar-refractivity contribution in [1.29, 1.82) is 0 Å². The summed E-state index contributed by atoms with van der Waals surface area (Å²) in [7, 11) is 0. The van der Waals surface area contributed by atoms with E-state index in [-0.39, 0.29) is 12.4 Å². The van der Waals surface area contributed by atoms with Crippen LogP contribution in [0.1, 0.15) is 5.56 Å². The molecule has 0 bridgehead atoms. The van der Waals surface area contributed by atoms with Crippen molar-refractivity contribution in [3.63, 3.8) is 0 Å². The van der Waals surface area contributed by atoms with Crippen molar-refractivity contribution in [3.05, 3.63) is 72.6 Å². The molecule has 3 aromatic rings. The van der Waals surface area contributed by atoms with Gasteiger partial charge in [0.25, 0.3) is 0 Å². The minimum Gasteiger partial charge on any atom is -0.426 e. The van der Waals surface area contributed by atoms with Gasteiger partial charge in [0.05, 0.1) is 6.42 Å². The molecule has 20 heavy (non-hydrogen) atoms. The van der Waals surface area contributed by atoms with Gasteiger partial charge in [-0.05, 0) is 29.1 Å². The third-order valence-electron chi connectivity index (χ3n) is 3.03. The van der Waals surface area contributed by atoms with Crippen LogP contribution < -0.4 is 4.74 Å². The van der Waals surface area contributed by atoms with Crippen LogP contribution in [0, 0.1) is 0 Å². The van der Waals surface area contributed by atoms with Gasteiger partial charge in [0.1, 0.15) is 5.75 Å². The zero-order valence-electron chi connectivity index (χ0n) is 10.8. The third kappa shape index (κ3) is 2.83. The summed E-state index contributed by atoms with van der Waals surface area (Å²) in [6, 6.07) is 16.9. The average molecular weight is 263 g/mol. The number of nitrogens with zero attached hydrogens (tertiary/aromatic N) is 1. The van der Waals surface area contributed by atoms with Crippen LogP contribution in [0.15, 0.2) is 67.0 Å². The number of benzene rings is 2. The van der Waals surface area contributed by atoms with Crippen LogP contribution in [0.4, 0.5) is 0 Å². The first-order chi connectivity index (χ1) is 9.81. The fraction of sp³-hybridized carbons (Fsp3) is 0.0588. The lowest BCUT2D eigenvalue weighted by Gasteiger charge is -2.05. The van der Waals surface area contributed by atoms with Gasteiger partial charge in [-0.3, -0.25) is 9.78 Å². The lowest BCUT2D eigenvalue weighted by molar-refractivity contribution is -0.133. The highest BCUT2D eigenvalue weighted by Crippen LogP contribution is 2.16. The van der Waals surface area contributed by atoms with Gasteiger partial charge in [-0.15, -0.1) is 0 Å². The Hall–Kier alpha value is -2.68. The molecule has 3 rings (SSSR count). The van der Waals surface area contributed by atoms with Gasteiger partial charge >= 0.3 is 5.97 Å². The van der Waals surface area contributed by atoms with E-state index in [4.69, 9.17) is 4.74 Å². The number of rotatable bonds is 3. The number of ether oxygens (including phenoxy) is 1. The van der Waals surface area contributed by atoms with E-state index in [1.54, 1.807) is 24.5 Å². The van der Waals surface area contributed by atoms with E-state index in [1.165, 1.54) is 0 Å². The molecule has 3 nitrogen and oxygen atoms in total. The van der Waals surface area contributed by atoms with Gasteiger partial charge in [0, 0.05) is 17.8 Å². The molecule has 98 valence electrons. The summed E-state index contributed by atoms with van der Waals surface area (Å²) in [6.45, 7) is 0. The number of para-hydroxylation sites is 1. The van der Waals surface area contributed by atoms with E-state index >= 15 is 0 Å². The fourth-order valence-electron chi connectivity index (χ4n) is 2.07. The number of esters is 1. The van der Waals surface area contributed by atoms with Gasteiger partial charge in [-0.1, -0.05) is 36.4 Å². The number of pyridine rings is 1. The summed E-state index contributed by atoms with van der Waals surface area (Å²) in [5, 5.41) is 2.14. The van der Waals surface area contributed by atoms with Crippen LogP contribution in [-0.2, 0) is 11.2 Å². The molecule has 3 heteroatoms. The minimum absolute atomic E-state index is 0.257. The second kappa shape index (κ2) is 5.53. The second-order valence-corrected chi connectivity index (χ2v) is 4.52. The van der Waals surface area contributed by atoms with Crippen molar-refractivity contribution >= 4 is 16.7 Å². The molecule has 0 amide bonds. The summed E-state index contributed by atoms with van der Waals surface area (Å²) < 4.78 is 5.28. The van der Waals surface area contributed by atoms with Crippen molar-refractivity contribution in [2.75, 3.05) is 0 Å². The van der Waals surface area contributed by atoms with E-state index in [0.29, 0.717) is 5.75 Å². The molecular weight excluding hydrogens is 250 g/mol. The number of hydrogen-bond acceptors (Lipinski definition) is 3. The Balaban J connectivity index is 1.74. The minimum atomic E-state index is -0.260. The van der Waals surface area contributed by atoms with Crippen LogP contribution in [0.5, 0.6) is 5.75 Å². The average Bonchev–Trinajstić information content (AvgIpc) is 2.48. The molecule has 0 radical (unpaired) electrons. The smallest absolute Gasteiger partial charge is 0.315 e. The number of hydrogen-bond donors (Lipinski definition) is 0. The quantitative estimate of drug-likeness (QED) is 0.537. The molecule has 1 heterocycles. The van der Waals surface area contributed by atoms with Crippen LogP contribution in [0.2, 0.25) is 0 Å². The number of aromatic nitrogens is 1. The molecule has 0 saturated carbocycles. The number of fused-ring (bicyclic) bond motifs is 1. The van der Waals surface area contributed by atoms with E-state index in [9.17, 15) is 4.79 Å². The molecule has 0 saturated heterocycles. The Morgan fingerprint density at radius 3 is 2.70 bits per heavy atom. The fourth-order valence-corrected chi connectivity index (χ4v) is 2.07. The van der Waals surface area contributed by atoms with Crippen LogP contribution in [0.25, 0.3) is 10.8 Å². The Labute approximate surface area is 116 Å². The van der Waals surface area contributed by atoms with Gasteiger partial charge in [0.15, 0.2) is 0 Å². The van der Waals surface area contributed by atoms with Gasteiger partial charge in [-0.2, -0.15) is 0 Å². The van der Waals surface area contributed by atoms with Crippen LogP contribution in [0.3, 0.4) is 0 Å². The third-order valence-corrected chi connectivity index (χ3v) is 3.03. The predicted molar refractivity (Wildman–Crippen MR) is 77.5 cm³/mol. The molecule has 0 aliphatic rings. The summed E-state index contributed by atoms with van der Waals surface area (Å²) in [5.41, 5.74) is 0.935. The summed E-state index contributed by atoms with van der Waals surface area (Å²) in [5.74, 6) is 0.312. The highest BCUT2D eigenvalue weighted by Gasteiger charge is 2.06. The predicted octanol–water partition coefficient (Wildman–Crippen LogP) is 3.38. The first-order valence-corrected chi connectivity index (χ1v) is 6.40. The Morgan fingerprint density at radius 1 is 1.00 bits per heavy atom. The summed E-state index contributed by atoms with van der Waals surface area (Å²) >= 11 is 0. The highest BCUT2D eigenvalue weighted by molar-refractivity contribution is 5.84. The summed E-state index contributed by atoms with van der Waals surface area (Å²) in [6.07, 6.45) is 3.81. The van der Waals surface area contributed by atoms with Crippen molar-refractivity contribution in [1.82, 2.24) is 4.98 Å². The lowest BCUT2D eigenvalue weighted by Crippen LogP contribution is -2.11. The summed E-state index contributed by atoms with van der Waals surface area (Å²) in [4.78, 5) is 16.0. The first kappa shape index (κ1) is 12.4. The van der Waals surface area contributed by atoms with Crippen molar-refractivity contribution in [2.45, 2.75) is 6.42 Å². The van der Waals surface area contributed by atoms with E-state index in [2.05, 4.69) is 4.98 Å². The largest absolute Gasteiger partial charge is 0.426 e. The van der Waals surface area contributed by atoms with Crippen LogP contribution >= 0.6 is 0 Å². The molecule has 0 atom stereocenters. The molecule has 0 unspecified atom stereocenters. The van der Waals surface area contributed by atoms with Crippen LogP contribution in [-0.4, -0.2) is 11.0 Å². The normalized spacial score (nSPS) is 10.4. The SMILES string of the molecule is O=C(Cc1ccc2cnccc2c1)Oc1ccccc1. The van der Waals surface area contributed by atoms with Crippen molar-refractivity contribution < 1.29 is 9.53 Å². The van der Waals surface area contributed by atoms with Gasteiger partial charge in [0.2, 0.25) is 0 Å². The lowest BCUT2D eigenvalue weighted by atomic mass is 10.1. The molecule has 2 aromatic carbocycles. The monoisotopic (exact) mass is 263 g/mol. The molecule has 0 aliphatic heterocycles. The number of carbonyl (C=O) groups excluding carboxylic acids is 1. The standard InChI is InChI=1S/C17H13NO2/c19-17(20-16-4-2-1-3-5-16)11-13-6-7-15-12-18-9-8-14(15)10-13/h1-10,12H,11H2. The first-order valence-electron chi connectivity index (χ1n) is 6.40. The molecule has 1 aromatic heterocycles. The molecule has 0 aliphatic carbocycles. The van der Waals surface area contributed by atoms with Crippen molar-refractivity contribution in [2.24, 2.45) is 0 Å². The molecule has 0 spiro atoms. The van der Waals surface area contributed by atoms with Gasteiger partial charge in [-0.25, -0.2) is 0 Å². The Kier molecular flexibility index (Phi) is 3.42. The molecule has 0 fully saturated rings. The van der Waals surface area contributed by atoms with E-state index in [1.807, 2.05) is 42.5 Å². The van der Waals surface area contributed by atoms with E-state index < -0.39 is 0 Å². The van der Waals surface area contributed by atoms with Gasteiger partial charge < -0.3 is 4.74 Å². The second-order valence-electron chi connectivity index (χ2n) is 4.52. The maximum atomic E-state index is 11.9. The zero-order chi connectivity index (χ0) is 13.8. The number of carbonyl (C=O) groups is 1. The maximum Gasteiger partial charge on any atom is 0.315 e. The maximum absolute atomic E-state index is 11.9. The van der Waals surface area contributed by atoms with Crippen molar-refractivity contribution in [3.8, 4) is 5.75 Å². The Morgan fingerprint density at radius 2 is 1.85 bits per heavy atom.